The number of rotatable bonds is 23. The maximum Gasteiger partial charge on any atom is 0.417 e. The number of nitro groups is 1. The average Bonchev–Trinajstić information content (AvgIpc) is 3.38. The van der Waals surface area contributed by atoms with Crippen LogP contribution in [0.3, 0.4) is 0 Å². The molecule has 0 spiro atoms. The van der Waals surface area contributed by atoms with Gasteiger partial charge in [0.25, 0.3) is 11.6 Å². The number of non-ortho nitro benzene ring substituents is 1. The van der Waals surface area contributed by atoms with E-state index in [1.807, 2.05) is 13.0 Å². The molecule has 0 aromatic heterocycles. The van der Waals surface area contributed by atoms with Crippen molar-refractivity contribution in [1.82, 2.24) is 4.90 Å². The van der Waals surface area contributed by atoms with Gasteiger partial charge in [-0.3, -0.25) is 20.2 Å². The Morgan fingerprint density at radius 2 is 1.72 bits per heavy atom. The number of hydrogen-bond acceptors (Lipinski definition) is 14. The van der Waals surface area contributed by atoms with Crippen LogP contribution < -0.4 is 24.3 Å². The van der Waals surface area contributed by atoms with Crippen molar-refractivity contribution < 1.29 is 53.2 Å². The van der Waals surface area contributed by atoms with Gasteiger partial charge in [0.2, 0.25) is 5.79 Å². The molecule has 3 N–H and O–H groups in total. The first kappa shape index (κ1) is 51.6. The number of aliphatic hydroxyl groups is 2. The van der Waals surface area contributed by atoms with Gasteiger partial charge in [0, 0.05) is 61.4 Å². The summed E-state index contributed by atoms with van der Waals surface area (Å²) in [5, 5.41) is 48.7. The Morgan fingerprint density at radius 3 is 2.38 bits per heavy atom. The fraction of sp³-hybridized carbons (Fsp3) is 0.407. The van der Waals surface area contributed by atoms with E-state index in [-0.39, 0.29) is 68.6 Å². The van der Waals surface area contributed by atoms with E-state index in [2.05, 4.69) is 24.0 Å². The molecule has 17 heteroatoms. The van der Waals surface area contributed by atoms with Crippen LogP contribution in [-0.2, 0) is 16.2 Å². The minimum atomic E-state index is -1.57. The fourth-order valence-electron chi connectivity index (χ4n) is 10.2. The van der Waals surface area contributed by atoms with Crippen molar-refractivity contribution in [2.45, 2.75) is 82.6 Å². The largest absolute Gasteiger partial charge is 0.497 e. The number of carbonyl (C=O) groups excluding carboxylic acids is 2. The Bertz CT molecular complexity index is 2630. The van der Waals surface area contributed by atoms with Crippen molar-refractivity contribution in [2.75, 3.05) is 45.9 Å². The molecule has 4 aromatic carbocycles. The third kappa shape index (κ3) is 11.5. The molecular weight excluding hydrogens is 911 g/mol. The number of amides is 2. The fourth-order valence-corrected chi connectivity index (χ4v) is 10.2. The maximum atomic E-state index is 15.1. The van der Waals surface area contributed by atoms with Crippen LogP contribution >= 0.6 is 0 Å². The van der Waals surface area contributed by atoms with E-state index in [1.165, 1.54) is 26.4 Å². The highest BCUT2D eigenvalue weighted by Gasteiger charge is 2.65. The number of hydrogen-bond donors (Lipinski definition) is 3. The summed E-state index contributed by atoms with van der Waals surface area (Å²) in [5.74, 6) is -1.57. The number of benzene rings is 4. The third-order valence-electron chi connectivity index (χ3n) is 13.4. The Labute approximate surface area is 413 Å². The Kier molecular flexibility index (Phi) is 17.5. The van der Waals surface area contributed by atoms with Crippen molar-refractivity contribution in [2.24, 2.45) is 22.9 Å². The second kappa shape index (κ2) is 24.0. The minimum absolute atomic E-state index is 0.00363. The Balaban J connectivity index is 1.41. The predicted octanol–water partition coefficient (Wildman–Crippen LogP) is 9.48. The zero-order valence-electron chi connectivity index (χ0n) is 40.3. The van der Waals surface area contributed by atoms with Crippen molar-refractivity contribution in [3.8, 4) is 29.1 Å². The summed E-state index contributed by atoms with van der Waals surface area (Å²) in [5.41, 5.74) is 3.79. The first-order valence-electron chi connectivity index (χ1n) is 24.0. The van der Waals surface area contributed by atoms with Gasteiger partial charge in [-0.1, -0.05) is 37.1 Å². The van der Waals surface area contributed by atoms with Gasteiger partial charge in [-0.2, -0.15) is 5.26 Å². The van der Waals surface area contributed by atoms with Crippen LogP contribution in [0.2, 0.25) is 0 Å². The average molecular weight is 972 g/mol. The third-order valence-corrected chi connectivity index (χ3v) is 13.4. The number of oxime groups is 1. The van der Waals surface area contributed by atoms with Crippen LogP contribution in [0, 0.1) is 39.2 Å². The number of fused-ring (bicyclic) bond motifs is 2. The van der Waals surface area contributed by atoms with E-state index in [0.29, 0.717) is 90.3 Å². The summed E-state index contributed by atoms with van der Waals surface area (Å²) < 4.78 is 31.3. The van der Waals surface area contributed by atoms with Crippen molar-refractivity contribution in [1.29, 1.82) is 5.26 Å². The van der Waals surface area contributed by atoms with Crippen LogP contribution in [0.1, 0.15) is 91.3 Å². The van der Waals surface area contributed by atoms with E-state index in [4.69, 9.17) is 33.7 Å². The van der Waals surface area contributed by atoms with Crippen LogP contribution in [0.4, 0.5) is 16.2 Å². The molecule has 2 amide bonds. The second-order valence-corrected chi connectivity index (χ2v) is 17.7. The van der Waals surface area contributed by atoms with Gasteiger partial charge < -0.3 is 43.6 Å². The zero-order valence-corrected chi connectivity index (χ0v) is 40.3. The van der Waals surface area contributed by atoms with E-state index < -0.39 is 34.7 Å². The summed E-state index contributed by atoms with van der Waals surface area (Å²) in [6, 6.07) is 24.0. The molecule has 3 aliphatic rings. The van der Waals surface area contributed by atoms with Crippen LogP contribution in [0.25, 0.3) is 0 Å². The molecule has 71 heavy (non-hydrogen) atoms. The highest BCUT2D eigenvalue weighted by atomic mass is 16.7. The number of nitro benzene ring substituents is 1. The van der Waals surface area contributed by atoms with Gasteiger partial charge in [0.1, 0.15) is 35.6 Å². The van der Waals surface area contributed by atoms with Crippen molar-refractivity contribution in [3.05, 3.63) is 142 Å². The summed E-state index contributed by atoms with van der Waals surface area (Å²) in [7, 11) is 3.01. The first-order valence-corrected chi connectivity index (χ1v) is 24.0. The summed E-state index contributed by atoms with van der Waals surface area (Å²) in [4.78, 5) is 47.6. The molecule has 1 aliphatic heterocycles. The monoisotopic (exact) mass is 971 g/mol. The molecular formula is C54H61N5O12. The standard InChI is InChI=1S/C54H61N5O12/c1-5-25-58(52(62)37-17-13-35(33-55)14-18-37)49-32-46(57-69-34-36-15-19-39(20-16-36)59(64)65)43-29-38(11-7-9-26-60)42(12-8-10-27-61)50-44-30-41(22-24-47(44)71-54(49,51(43)50)68-28-6-2)70-53(63)56-45-23-21-40(66-3)31-48(45)67-4/h6,13-24,29-31,38,42,49-51,60-61H,2,5,7-12,25-28,32,34H2,1,3-4H3,(H,56,63). The van der Waals surface area contributed by atoms with Crippen molar-refractivity contribution in [3.63, 3.8) is 0 Å². The summed E-state index contributed by atoms with van der Waals surface area (Å²) in [6.07, 6.45) is 7.69. The highest BCUT2D eigenvalue weighted by Crippen LogP contribution is 2.62. The molecule has 1 heterocycles. The molecule has 17 nitrogen and oxygen atoms in total. The lowest BCUT2D eigenvalue weighted by atomic mass is 9.55. The quantitative estimate of drug-likeness (QED) is 0.0273. The topological polar surface area (TPSA) is 225 Å². The van der Waals surface area contributed by atoms with Gasteiger partial charge in [-0.15, -0.1) is 6.58 Å². The van der Waals surface area contributed by atoms with Gasteiger partial charge in [-0.25, -0.2) is 4.79 Å². The molecule has 1 saturated carbocycles. The number of carbonyl (C=O) groups is 2. The molecule has 0 saturated heterocycles. The number of nitrogens with one attached hydrogen (secondary N) is 1. The number of anilines is 1. The molecule has 6 unspecified atom stereocenters. The number of unbranched alkanes of at least 4 members (excludes halogenated alkanes) is 2. The molecule has 0 bridgehead atoms. The Morgan fingerprint density at radius 1 is 0.986 bits per heavy atom. The molecule has 6 atom stereocenters. The Hall–Kier alpha value is -7.26. The lowest BCUT2D eigenvalue weighted by Gasteiger charge is -2.60. The maximum absolute atomic E-state index is 15.1. The lowest BCUT2D eigenvalue weighted by molar-refractivity contribution is -0.384. The van der Waals surface area contributed by atoms with E-state index in [0.717, 1.165) is 11.1 Å². The molecule has 374 valence electrons. The van der Waals surface area contributed by atoms with Crippen LogP contribution in [-0.4, -0.2) is 90.2 Å². The summed E-state index contributed by atoms with van der Waals surface area (Å²) >= 11 is 0. The second-order valence-electron chi connectivity index (χ2n) is 17.7. The van der Waals surface area contributed by atoms with Gasteiger partial charge in [0.05, 0.1) is 54.7 Å². The van der Waals surface area contributed by atoms with Crippen LogP contribution in [0.15, 0.2) is 114 Å². The number of nitrogens with zero attached hydrogens (tertiary/aromatic N) is 4. The van der Waals surface area contributed by atoms with Gasteiger partial charge >= 0.3 is 6.09 Å². The number of ether oxygens (including phenoxy) is 5. The smallest absolute Gasteiger partial charge is 0.417 e. The zero-order chi connectivity index (χ0) is 50.5. The number of allylic oxidation sites excluding steroid dienone is 1. The van der Waals surface area contributed by atoms with Gasteiger partial charge in [0.15, 0.2) is 0 Å². The van der Waals surface area contributed by atoms with Crippen molar-refractivity contribution >= 4 is 29.1 Å². The minimum Gasteiger partial charge on any atom is -0.497 e. The molecule has 7 rings (SSSR count). The van der Waals surface area contributed by atoms with E-state index in [9.17, 15) is 30.4 Å². The molecule has 2 aliphatic carbocycles. The first-order chi connectivity index (χ1) is 34.5. The van der Waals surface area contributed by atoms with E-state index in [1.54, 1.807) is 77.7 Å². The normalized spacial score (nSPS) is 21.3. The SMILES string of the molecule is C=CCOC12Oc3ccc(OC(=O)Nc4ccc(OC)cc4OC)cc3C3C(CCCCO)C(CCCCO)C=C(C(=NOCc4ccc([N+](=O)[O-])cc4)CC1N(CCC)C(=O)c1ccc(C#N)cc1)C32. The molecule has 4 aromatic rings. The summed E-state index contributed by atoms with van der Waals surface area (Å²) in [6.45, 7) is 6.34. The molecule has 0 radical (unpaired) electrons. The lowest BCUT2D eigenvalue weighted by Crippen LogP contribution is -2.70. The van der Waals surface area contributed by atoms with Gasteiger partial charge in [-0.05, 0) is 122 Å². The number of methoxy groups -OCH3 is 2. The van der Waals surface area contributed by atoms with E-state index >= 15 is 4.79 Å². The highest BCUT2D eigenvalue weighted by molar-refractivity contribution is 6.03. The number of nitriles is 1. The predicted molar refractivity (Wildman–Crippen MR) is 265 cm³/mol. The number of aliphatic hydroxyl groups excluding tert-OH is 2. The molecule has 1 fully saturated rings. The van der Waals surface area contributed by atoms with Crippen LogP contribution in [0.5, 0.6) is 23.0 Å².